The van der Waals surface area contributed by atoms with Crippen LogP contribution in [0.4, 0.5) is 5.69 Å². The summed E-state index contributed by atoms with van der Waals surface area (Å²) in [6.07, 6.45) is -0.0743. The van der Waals surface area contributed by atoms with Crippen LogP contribution in [0, 0.1) is 0 Å². The zero-order valence-electron chi connectivity index (χ0n) is 9.35. The summed E-state index contributed by atoms with van der Waals surface area (Å²) < 4.78 is 21.5. The lowest BCUT2D eigenvalue weighted by Crippen LogP contribution is -1.95. The van der Waals surface area contributed by atoms with E-state index in [0.29, 0.717) is 0 Å². The highest BCUT2D eigenvalue weighted by Gasteiger charge is 2.38. The third-order valence-electron chi connectivity index (χ3n) is 2.75. The van der Waals surface area contributed by atoms with E-state index in [1.165, 1.54) is 0 Å². The lowest BCUT2D eigenvalue weighted by atomic mass is 10.2. The molecule has 1 aliphatic heterocycles. The van der Waals surface area contributed by atoms with Crippen LogP contribution in [-0.2, 0) is 15.9 Å². The van der Waals surface area contributed by atoms with Gasteiger partial charge in [0.2, 0.25) is 6.23 Å². The standard InChI is InChI=1S/C13H11NO3S/c15-18(16)12-8-6-11(7-9-12)14-13(17-14)10-4-2-1-3-5-10/h1-9,13H,(H,15,16)/p-1. The molecule has 1 heterocycles. The van der Waals surface area contributed by atoms with Crippen molar-refractivity contribution in [2.45, 2.75) is 11.1 Å². The predicted molar refractivity (Wildman–Crippen MR) is 66.4 cm³/mol. The third kappa shape index (κ3) is 2.15. The Morgan fingerprint density at radius 2 is 1.72 bits per heavy atom. The molecule has 2 atom stereocenters. The van der Waals surface area contributed by atoms with Crippen molar-refractivity contribution >= 4 is 16.8 Å². The zero-order chi connectivity index (χ0) is 12.5. The minimum absolute atomic E-state index is 0.0743. The molecule has 0 N–H and O–H groups in total. The first-order valence-electron chi connectivity index (χ1n) is 5.46. The Labute approximate surface area is 107 Å². The van der Waals surface area contributed by atoms with E-state index in [4.69, 9.17) is 4.84 Å². The fourth-order valence-electron chi connectivity index (χ4n) is 1.79. The molecule has 1 fully saturated rings. The summed E-state index contributed by atoms with van der Waals surface area (Å²) in [5.41, 5.74) is 1.92. The molecule has 0 amide bonds. The van der Waals surface area contributed by atoms with E-state index in [9.17, 15) is 8.76 Å². The number of hydrogen-bond donors (Lipinski definition) is 0. The normalized spacial score (nSPS) is 19.6. The molecule has 0 spiro atoms. The van der Waals surface area contributed by atoms with E-state index in [2.05, 4.69) is 0 Å². The van der Waals surface area contributed by atoms with Crippen LogP contribution in [0.5, 0.6) is 0 Å². The van der Waals surface area contributed by atoms with Crippen molar-refractivity contribution in [3.05, 3.63) is 60.2 Å². The SMILES string of the molecule is O=S([O-])c1ccc(N2OC2c2ccccc2)cc1. The minimum Gasteiger partial charge on any atom is -0.768 e. The molecule has 0 aliphatic carbocycles. The molecular formula is C13H10NO3S-. The summed E-state index contributed by atoms with van der Waals surface area (Å²) in [6.45, 7) is 0. The predicted octanol–water partition coefficient (Wildman–Crippen LogP) is 2.38. The number of nitrogens with zero attached hydrogens (tertiary/aromatic N) is 1. The van der Waals surface area contributed by atoms with Gasteiger partial charge in [0, 0.05) is 10.5 Å². The molecule has 2 aromatic carbocycles. The second-order valence-corrected chi connectivity index (χ2v) is 4.86. The Kier molecular flexibility index (Phi) is 2.87. The summed E-state index contributed by atoms with van der Waals surface area (Å²) in [5.74, 6) is 0. The smallest absolute Gasteiger partial charge is 0.206 e. The Bertz CT molecular complexity index is 571. The van der Waals surface area contributed by atoms with Crippen molar-refractivity contribution in [2.75, 3.05) is 5.06 Å². The van der Waals surface area contributed by atoms with E-state index >= 15 is 0 Å². The molecule has 0 saturated carbocycles. The molecule has 92 valence electrons. The van der Waals surface area contributed by atoms with Gasteiger partial charge in [0.1, 0.15) is 0 Å². The highest BCUT2D eigenvalue weighted by atomic mass is 32.2. The summed E-state index contributed by atoms with van der Waals surface area (Å²) in [5, 5.41) is 1.74. The Balaban J connectivity index is 1.77. The van der Waals surface area contributed by atoms with Gasteiger partial charge in [0.05, 0.1) is 5.69 Å². The van der Waals surface area contributed by atoms with Gasteiger partial charge in [-0.1, -0.05) is 30.3 Å². The number of benzene rings is 2. The van der Waals surface area contributed by atoms with Crippen molar-refractivity contribution in [1.29, 1.82) is 0 Å². The average Bonchev–Trinajstić information content (AvgIpc) is 3.20. The fourth-order valence-corrected chi connectivity index (χ4v) is 2.15. The van der Waals surface area contributed by atoms with Crippen molar-refractivity contribution in [2.24, 2.45) is 0 Å². The molecule has 2 unspecified atom stereocenters. The monoisotopic (exact) mass is 260 g/mol. The number of rotatable bonds is 3. The largest absolute Gasteiger partial charge is 0.768 e. The molecule has 1 aliphatic rings. The fraction of sp³-hybridized carbons (Fsp3) is 0.0769. The van der Waals surface area contributed by atoms with E-state index in [-0.39, 0.29) is 11.1 Å². The molecule has 2 aromatic rings. The first-order valence-corrected chi connectivity index (χ1v) is 6.53. The van der Waals surface area contributed by atoms with E-state index < -0.39 is 11.1 Å². The Hall–Kier alpha value is -1.69. The van der Waals surface area contributed by atoms with Crippen molar-refractivity contribution in [3.63, 3.8) is 0 Å². The quantitative estimate of drug-likeness (QED) is 0.628. The van der Waals surface area contributed by atoms with Gasteiger partial charge in [-0.3, -0.25) is 4.21 Å². The second kappa shape index (κ2) is 4.53. The summed E-state index contributed by atoms with van der Waals surface area (Å²) >= 11 is -2.18. The van der Waals surface area contributed by atoms with Crippen LogP contribution in [-0.4, -0.2) is 8.76 Å². The van der Waals surface area contributed by atoms with E-state index in [1.54, 1.807) is 29.3 Å². The molecule has 1 saturated heterocycles. The Morgan fingerprint density at radius 1 is 1.06 bits per heavy atom. The molecule has 0 aromatic heterocycles. The van der Waals surface area contributed by atoms with Gasteiger partial charge in [-0.2, -0.15) is 0 Å². The van der Waals surface area contributed by atoms with Crippen molar-refractivity contribution < 1.29 is 13.6 Å². The van der Waals surface area contributed by atoms with Gasteiger partial charge in [-0.15, -0.1) is 0 Å². The van der Waals surface area contributed by atoms with Gasteiger partial charge in [-0.25, -0.2) is 9.90 Å². The number of hydrogen-bond acceptors (Lipinski definition) is 4. The van der Waals surface area contributed by atoms with Crippen LogP contribution in [0.1, 0.15) is 11.8 Å². The third-order valence-corrected chi connectivity index (χ3v) is 3.41. The van der Waals surface area contributed by atoms with Crippen molar-refractivity contribution in [3.8, 4) is 0 Å². The zero-order valence-corrected chi connectivity index (χ0v) is 10.2. The molecular weight excluding hydrogens is 250 g/mol. The van der Waals surface area contributed by atoms with Crippen LogP contribution in [0.25, 0.3) is 0 Å². The van der Waals surface area contributed by atoms with E-state index in [1.807, 2.05) is 30.3 Å². The molecule has 4 nitrogen and oxygen atoms in total. The summed E-state index contributed by atoms with van der Waals surface area (Å²) in [7, 11) is 0. The van der Waals surface area contributed by atoms with Crippen LogP contribution in [0.15, 0.2) is 59.5 Å². The Morgan fingerprint density at radius 3 is 2.33 bits per heavy atom. The summed E-state index contributed by atoms with van der Waals surface area (Å²) in [6, 6.07) is 16.4. The van der Waals surface area contributed by atoms with Crippen molar-refractivity contribution in [1.82, 2.24) is 0 Å². The lowest BCUT2D eigenvalue weighted by molar-refractivity contribution is 0.402. The second-order valence-electron chi connectivity index (χ2n) is 3.92. The molecule has 18 heavy (non-hydrogen) atoms. The van der Waals surface area contributed by atoms with Gasteiger partial charge < -0.3 is 4.55 Å². The average molecular weight is 260 g/mol. The molecule has 0 bridgehead atoms. The maximum atomic E-state index is 10.7. The first kappa shape index (κ1) is 11.4. The topological polar surface area (TPSA) is 55.7 Å². The first-order chi connectivity index (χ1) is 8.75. The number of hydroxylamine groups is 1. The summed E-state index contributed by atoms with van der Waals surface area (Å²) in [4.78, 5) is 5.74. The van der Waals surface area contributed by atoms with Gasteiger partial charge in [-0.05, 0) is 35.3 Å². The van der Waals surface area contributed by atoms with Gasteiger partial charge in [0.25, 0.3) is 0 Å². The van der Waals surface area contributed by atoms with Crippen LogP contribution in [0.2, 0.25) is 0 Å². The molecule has 3 rings (SSSR count). The number of anilines is 1. The molecule has 0 radical (unpaired) electrons. The molecule has 5 heteroatoms. The van der Waals surface area contributed by atoms with Crippen LogP contribution in [0.3, 0.4) is 0 Å². The lowest BCUT2D eigenvalue weighted by Gasteiger charge is -2.05. The maximum Gasteiger partial charge on any atom is 0.206 e. The highest BCUT2D eigenvalue weighted by Crippen LogP contribution is 2.41. The van der Waals surface area contributed by atoms with Crippen LogP contribution >= 0.6 is 0 Å². The van der Waals surface area contributed by atoms with Gasteiger partial charge in [0.15, 0.2) is 0 Å². The van der Waals surface area contributed by atoms with Crippen LogP contribution < -0.4 is 5.06 Å². The maximum absolute atomic E-state index is 10.7. The highest BCUT2D eigenvalue weighted by molar-refractivity contribution is 7.79. The van der Waals surface area contributed by atoms with E-state index in [0.717, 1.165) is 11.3 Å². The minimum atomic E-state index is -2.18. The van der Waals surface area contributed by atoms with Gasteiger partial charge >= 0.3 is 0 Å².